The van der Waals surface area contributed by atoms with Crippen LogP contribution in [0.1, 0.15) is 33.2 Å². The molecule has 108 valence electrons. The monoisotopic (exact) mass is 289 g/mol. The second-order valence-electron chi connectivity index (χ2n) is 3.81. The lowest BCUT2D eigenvalue weighted by Gasteiger charge is -2.04. The lowest BCUT2D eigenvalue weighted by Crippen LogP contribution is -2.09. The highest BCUT2D eigenvalue weighted by Crippen LogP contribution is 2.15. The van der Waals surface area contributed by atoms with Crippen LogP contribution in [0.3, 0.4) is 0 Å². The van der Waals surface area contributed by atoms with Gasteiger partial charge in [0.25, 0.3) is 0 Å². The van der Waals surface area contributed by atoms with Crippen LogP contribution in [0, 0.1) is 11.3 Å². The first-order chi connectivity index (χ1) is 9.90. The van der Waals surface area contributed by atoms with Crippen molar-refractivity contribution in [2.45, 2.75) is 6.92 Å². The first kappa shape index (κ1) is 15.9. The van der Waals surface area contributed by atoms with Crippen molar-refractivity contribution in [2.75, 3.05) is 6.61 Å². The van der Waals surface area contributed by atoms with Crippen LogP contribution in [-0.2, 0) is 9.53 Å². The third-order valence-corrected chi connectivity index (χ3v) is 2.43. The highest BCUT2D eigenvalue weighted by molar-refractivity contribution is 6.03. The van der Waals surface area contributed by atoms with E-state index in [4.69, 9.17) is 15.5 Å². The molecule has 21 heavy (non-hydrogen) atoms. The molecule has 0 saturated heterocycles. The number of hydrogen-bond acceptors (Lipinski definition) is 5. The summed E-state index contributed by atoms with van der Waals surface area (Å²) in [7, 11) is 0. The fourth-order valence-corrected chi connectivity index (χ4v) is 1.53. The van der Waals surface area contributed by atoms with E-state index in [9.17, 15) is 14.4 Å². The molecule has 0 saturated carbocycles. The van der Waals surface area contributed by atoms with Crippen LogP contribution < -0.4 is 0 Å². The van der Waals surface area contributed by atoms with E-state index in [1.54, 1.807) is 13.0 Å². The zero-order valence-electron chi connectivity index (χ0n) is 11.0. The van der Waals surface area contributed by atoms with Gasteiger partial charge in [0.15, 0.2) is 0 Å². The number of rotatable bonds is 5. The van der Waals surface area contributed by atoms with Crippen LogP contribution in [-0.4, -0.2) is 34.7 Å². The van der Waals surface area contributed by atoms with Gasteiger partial charge in [-0.3, -0.25) is 0 Å². The van der Waals surface area contributed by atoms with Gasteiger partial charge in [0, 0.05) is 0 Å². The second kappa shape index (κ2) is 6.86. The number of ether oxygens (including phenoxy) is 1. The molecule has 1 aromatic carbocycles. The van der Waals surface area contributed by atoms with Crippen molar-refractivity contribution in [3.05, 3.63) is 40.5 Å². The number of carboxylic acid groups (broad SMARTS) is 2. The minimum Gasteiger partial charge on any atom is -0.478 e. The van der Waals surface area contributed by atoms with Gasteiger partial charge in [-0.2, -0.15) is 5.26 Å². The fourth-order valence-electron chi connectivity index (χ4n) is 1.53. The molecule has 0 aliphatic carbocycles. The first-order valence-corrected chi connectivity index (χ1v) is 5.80. The number of benzene rings is 1. The minimum absolute atomic E-state index is 0.0934. The number of esters is 1. The highest BCUT2D eigenvalue weighted by atomic mass is 16.5. The molecule has 0 aliphatic rings. The summed E-state index contributed by atoms with van der Waals surface area (Å²) in [5, 5.41) is 26.7. The van der Waals surface area contributed by atoms with Crippen LogP contribution >= 0.6 is 0 Å². The van der Waals surface area contributed by atoms with E-state index in [-0.39, 0.29) is 23.3 Å². The lowest BCUT2D eigenvalue weighted by molar-refractivity contribution is -0.137. The first-order valence-electron chi connectivity index (χ1n) is 5.80. The predicted octanol–water partition coefficient (Wildman–Crippen LogP) is 1.55. The summed E-state index contributed by atoms with van der Waals surface area (Å²) < 4.78 is 4.67. The molecule has 0 unspecified atom stereocenters. The van der Waals surface area contributed by atoms with E-state index in [0.717, 1.165) is 18.2 Å². The molecule has 0 aromatic heterocycles. The Balaban J connectivity index is 3.30. The Morgan fingerprint density at radius 2 is 1.86 bits per heavy atom. The van der Waals surface area contributed by atoms with Gasteiger partial charge in [0.2, 0.25) is 0 Å². The quantitative estimate of drug-likeness (QED) is 0.478. The van der Waals surface area contributed by atoms with Gasteiger partial charge in [-0.15, -0.1) is 0 Å². The summed E-state index contributed by atoms with van der Waals surface area (Å²) in [4.78, 5) is 33.4. The van der Waals surface area contributed by atoms with Crippen molar-refractivity contribution in [3.8, 4) is 6.07 Å². The summed E-state index contributed by atoms with van der Waals surface area (Å²) in [5.41, 5.74) is -0.912. The molecule has 1 aromatic rings. The van der Waals surface area contributed by atoms with Crippen LogP contribution in [0.5, 0.6) is 0 Å². The zero-order valence-corrected chi connectivity index (χ0v) is 11.0. The Morgan fingerprint density at radius 1 is 1.24 bits per heavy atom. The number of nitriles is 1. The number of carbonyl (C=O) groups is 3. The standard InChI is InChI=1S/C14H11NO6/c1-2-21-14(20)9(7-15)5-8-3-4-10(12(16)17)11(6-8)13(18)19/h3-6H,2H2,1H3,(H,16,17)(H,18,19)/b9-5+. The van der Waals surface area contributed by atoms with Crippen molar-refractivity contribution >= 4 is 24.0 Å². The van der Waals surface area contributed by atoms with Crippen LogP contribution in [0.4, 0.5) is 0 Å². The number of carboxylic acids is 2. The number of carbonyl (C=O) groups excluding carboxylic acids is 1. The smallest absolute Gasteiger partial charge is 0.348 e. The molecule has 0 bridgehead atoms. The molecule has 7 heteroatoms. The maximum Gasteiger partial charge on any atom is 0.348 e. The van der Waals surface area contributed by atoms with Crippen molar-refractivity contribution < 1.29 is 29.3 Å². The van der Waals surface area contributed by atoms with Crippen molar-refractivity contribution in [2.24, 2.45) is 0 Å². The third kappa shape index (κ3) is 3.91. The Kier molecular flexibility index (Phi) is 5.20. The lowest BCUT2D eigenvalue weighted by atomic mass is 10.0. The summed E-state index contributed by atoms with van der Waals surface area (Å²) in [6.45, 7) is 1.67. The zero-order chi connectivity index (χ0) is 16.0. The molecule has 0 radical (unpaired) electrons. The van der Waals surface area contributed by atoms with Crippen LogP contribution in [0.2, 0.25) is 0 Å². The summed E-state index contributed by atoms with van der Waals surface area (Å²) in [6, 6.07) is 5.11. The topological polar surface area (TPSA) is 125 Å². The Bertz CT molecular complexity index is 669. The van der Waals surface area contributed by atoms with Crippen LogP contribution in [0.25, 0.3) is 6.08 Å². The molecule has 0 heterocycles. The van der Waals surface area contributed by atoms with Crippen LogP contribution in [0.15, 0.2) is 23.8 Å². The molecule has 0 amide bonds. The van der Waals surface area contributed by atoms with E-state index in [1.807, 2.05) is 0 Å². The SMILES string of the molecule is CCOC(=O)/C(C#N)=C/c1ccc(C(=O)O)c(C(=O)O)c1. The van der Waals surface area contributed by atoms with E-state index in [0.29, 0.717) is 0 Å². The molecule has 0 spiro atoms. The molecule has 0 atom stereocenters. The maximum atomic E-state index is 11.4. The van der Waals surface area contributed by atoms with Gasteiger partial charge >= 0.3 is 17.9 Å². The minimum atomic E-state index is -1.42. The van der Waals surface area contributed by atoms with Crippen molar-refractivity contribution in [1.29, 1.82) is 5.26 Å². The molecule has 0 fully saturated rings. The van der Waals surface area contributed by atoms with Gasteiger partial charge in [-0.05, 0) is 30.7 Å². The van der Waals surface area contributed by atoms with Gasteiger partial charge in [-0.1, -0.05) is 6.07 Å². The van der Waals surface area contributed by atoms with Gasteiger partial charge < -0.3 is 14.9 Å². The molecule has 7 nitrogen and oxygen atoms in total. The summed E-state index contributed by atoms with van der Waals surface area (Å²) in [6.07, 6.45) is 1.13. The number of aromatic carboxylic acids is 2. The largest absolute Gasteiger partial charge is 0.478 e. The molecular formula is C14H11NO6. The van der Waals surface area contributed by atoms with Gasteiger partial charge in [0.1, 0.15) is 11.6 Å². The van der Waals surface area contributed by atoms with Crippen molar-refractivity contribution in [1.82, 2.24) is 0 Å². The third-order valence-electron chi connectivity index (χ3n) is 2.43. The van der Waals surface area contributed by atoms with E-state index < -0.39 is 23.5 Å². The molecular weight excluding hydrogens is 278 g/mol. The molecule has 2 N–H and O–H groups in total. The number of hydrogen-bond donors (Lipinski definition) is 2. The molecule has 0 aliphatic heterocycles. The Morgan fingerprint density at radius 3 is 2.33 bits per heavy atom. The number of nitrogens with zero attached hydrogens (tertiary/aromatic N) is 1. The summed E-state index contributed by atoms with van der Waals surface area (Å²) in [5.74, 6) is -3.63. The van der Waals surface area contributed by atoms with Gasteiger partial charge in [0.05, 0.1) is 17.7 Å². The average Bonchev–Trinajstić information content (AvgIpc) is 2.44. The average molecular weight is 289 g/mol. The Hall–Kier alpha value is -3.14. The molecule has 1 rings (SSSR count). The summed E-state index contributed by atoms with van der Waals surface area (Å²) >= 11 is 0. The fraction of sp³-hybridized carbons (Fsp3) is 0.143. The van der Waals surface area contributed by atoms with Gasteiger partial charge in [-0.25, -0.2) is 14.4 Å². The maximum absolute atomic E-state index is 11.4. The predicted molar refractivity (Wildman–Crippen MR) is 70.6 cm³/mol. The normalized spacial score (nSPS) is 10.6. The van der Waals surface area contributed by atoms with E-state index in [2.05, 4.69) is 4.74 Å². The van der Waals surface area contributed by atoms with Crippen molar-refractivity contribution in [3.63, 3.8) is 0 Å². The second-order valence-corrected chi connectivity index (χ2v) is 3.81. The Labute approximate surface area is 119 Å². The highest BCUT2D eigenvalue weighted by Gasteiger charge is 2.17. The van der Waals surface area contributed by atoms with E-state index >= 15 is 0 Å². The van der Waals surface area contributed by atoms with E-state index in [1.165, 1.54) is 6.07 Å².